The Morgan fingerprint density at radius 1 is 1.12 bits per heavy atom. The fourth-order valence-corrected chi connectivity index (χ4v) is 4.00. The molecule has 0 saturated carbocycles. The van der Waals surface area contributed by atoms with Crippen LogP contribution in [0, 0.1) is 0 Å². The minimum Gasteiger partial charge on any atom is -0.363 e. The Bertz CT molecular complexity index is 880. The third-order valence-corrected chi connectivity index (χ3v) is 5.68. The van der Waals surface area contributed by atoms with Gasteiger partial charge in [0, 0.05) is 16.7 Å². The highest BCUT2D eigenvalue weighted by molar-refractivity contribution is 7.62. The van der Waals surface area contributed by atoms with E-state index in [0.29, 0.717) is 16.5 Å². The molecule has 3 rings (SSSR count). The molecule has 0 aliphatic heterocycles. The smallest absolute Gasteiger partial charge is 0.363 e. The van der Waals surface area contributed by atoms with E-state index in [1.165, 1.54) is 6.26 Å². The van der Waals surface area contributed by atoms with Gasteiger partial charge in [-0.1, -0.05) is 34.0 Å². The molecule has 3 aromatic rings. The van der Waals surface area contributed by atoms with Crippen LogP contribution in [-0.2, 0) is 13.6 Å². The summed E-state index contributed by atoms with van der Waals surface area (Å²) in [7, 11) is -3.56. The molecule has 7 nitrogen and oxygen atoms in total. The van der Waals surface area contributed by atoms with Crippen LogP contribution in [0.2, 0.25) is 5.02 Å². The van der Waals surface area contributed by atoms with Gasteiger partial charge in [0.1, 0.15) is 17.3 Å². The largest absolute Gasteiger partial charge is 0.367 e. The molecule has 0 aliphatic carbocycles. The maximum Gasteiger partial charge on any atom is 0.367 e. The molecule has 2 heterocycles. The van der Waals surface area contributed by atoms with Gasteiger partial charge in [-0.2, -0.15) is 0 Å². The highest BCUT2D eigenvalue weighted by Gasteiger charge is 2.34. The van der Waals surface area contributed by atoms with E-state index in [4.69, 9.17) is 29.7 Å². The summed E-state index contributed by atoms with van der Waals surface area (Å²) in [6, 6.07) is 8.82. The third-order valence-electron chi connectivity index (χ3n) is 3.33. The lowest BCUT2D eigenvalue weighted by atomic mass is 10.1. The summed E-state index contributed by atoms with van der Waals surface area (Å²) in [5.74, 6) is 0.299. The molecular formula is C16H16ClN2O5P. The standard InChI is InChI=1S/C16H16ClN2O5P/c1-3-22-25(20,23-4-2)15-10-21-19-16(15)14-9-13(18-24-14)11-5-7-12(17)8-6-11/h5-10H,3-4H2,1-2H3. The van der Waals surface area contributed by atoms with Crippen LogP contribution in [0.4, 0.5) is 0 Å². The summed E-state index contributed by atoms with van der Waals surface area (Å²) in [5, 5.41) is 8.72. The Hall–Kier alpha value is -1.92. The topological polar surface area (TPSA) is 87.6 Å². The molecule has 0 saturated heterocycles. The molecule has 2 aromatic heterocycles. The van der Waals surface area contributed by atoms with Crippen molar-refractivity contribution in [1.29, 1.82) is 0 Å². The van der Waals surface area contributed by atoms with Crippen LogP contribution in [0.25, 0.3) is 22.7 Å². The van der Waals surface area contributed by atoms with Gasteiger partial charge in [-0.15, -0.1) is 0 Å². The van der Waals surface area contributed by atoms with Crippen molar-refractivity contribution in [1.82, 2.24) is 10.3 Å². The minimum absolute atomic E-state index is 0.204. The second-order valence-corrected chi connectivity index (χ2v) is 7.39. The van der Waals surface area contributed by atoms with Crippen LogP contribution < -0.4 is 5.30 Å². The van der Waals surface area contributed by atoms with E-state index >= 15 is 0 Å². The summed E-state index contributed by atoms with van der Waals surface area (Å²) in [6.07, 6.45) is 1.24. The SMILES string of the molecule is CCOP(=O)(OCC)c1conc1-c1cc(-c2ccc(Cl)cc2)no1. The van der Waals surface area contributed by atoms with Crippen molar-refractivity contribution in [3.05, 3.63) is 41.6 Å². The summed E-state index contributed by atoms with van der Waals surface area (Å²) >= 11 is 5.89. The van der Waals surface area contributed by atoms with Gasteiger partial charge in [-0.3, -0.25) is 4.57 Å². The molecule has 0 spiro atoms. The number of hydrogen-bond acceptors (Lipinski definition) is 7. The fraction of sp³-hybridized carbons (Fsp3) is 0.250. The van der Waals surface area contributed by atoms with E-state index in [0.717, 1.165) is 5.56 Å². The van der Waals surface area contributed by atoms with E-state index in [1.807, 2.05) is 12.1 Å². The third kappa shape index (κ3) is 3.70. The van der Waals surface area contributed by atoms with E-state index in [1.54, 1.807) is 32.0 Å². The molecule has 0 fully saturated rings. The van der Waals surface area contributed by atoms with E-state index < -0.39 is 7.60 Å². The van der Waals surface area contributed by atoms with Crippen molar-refractivity contribution >= 4 is 24.5 Å². The molecule has 1 aromatic carbocycles. The number of aromatic nitrogens is 2. The van der Waals surface area contributed by atoms with Crippen LogP contribution in [-0.4, -0.2) is 23.5 Å². The number of halogens is 1. The normalized spacial score (nSPS) is 11.8. The van der Waals surface area contributed by atoms with Gasteiger partial charge in [0.25, 0.3) is 0 Å². The molecular weight excluding hydrogens is 367 g/mol. The summed E-state index contributed by atoms with van der Waals surface area (Å²) in [6.45, 7) is 3.89. The molecule has 0 N–H and O–H groups in total. The maximum atomic E-state index is 13.0. The van der Waals surface area contributed by atoms with Crippen molar-refractivity contribution in [2.75, 3.05) is 13.2 Å². The molecule has 0 bridgehead atoms. The van der Waals surface area contributed by atoms with Gasteiger partial charge < -0.3 is 18.1 Å². The Morgan fingerprint density at radius 3 is 2.44 bits per heavy atom. The molecule has 0 radical (unpaired) electrons. The van der Waals surface area contributed by atoms with Crippen molar-refractivity contribution in [3.63, 3.8) is 0 Å². The van der Waals surface area contributed by atoms with Gasteiger partial charge in [-0.05, 0) is 26.0 Å². The zero-order valence-electron chi connectivity index (χ0n) is 13.6. The molecule has 25 heavy (non-hydrogen) atoms. The van der Waals surface area contributed by atoms with Gasteiger partial charge in [0.05, 0.1) is 13.2 Å². The number of nitrogens with zero attached hydrogens (tertiary/aromatic N) is 2. The predicted octanol–water partition coefficient (Wildman–Crippen LogP) is 4.54. The zero-order chi connectivity index (χ0) is 17.9. The molecule has 9 heteroatoms. The Kier molecular flexibility index (Phi) is 5.39. The molecule has 0 amide bonds. The van der Waals surface area contributed by atoms with Gasteiger partial charge >= 0.3 is 7.60 Å². The van der Waals surface area contributed by atoms with Gasteiger partial charge in [0.2, 0.25) is 0 Å². The highest BCUT2D eigenvalue weighted by atomic mass is 35.5. The number of rotatable bonds is 7. The fourth-order valence-electron chi connectivity index (χ4n) is 2.26. The summed E-state index contributed by atoms with van der Waals surface area (Å²) < 4.78 is 34.0. The van der Waals surface area contributed by atoms with Crippen LogP contribution in [0.5, 0.6) is 0 Å². The lowest BCUT2D eigenvalue weighted by molar-refractivity contribution is 0.230. The number of hydrogen-bond donors (Lipinski definition) is 0. The average molecular weight is 383 g/mol. The molecule has 0 unspecified atom stereocenters. The first-order valence-electron chi connectivity index (χ1n) is 7.64. The minimum atomic E-state index is -3.56. The van der Waals surface area contributed by atoms with Crippen molar-refractivity contribution in [2.45, 2.75) is 13.8 Å². The van der Waals surface area contributed by atoms with E-state index in [9.17, 15) is 4.57 Å². The first-order chi connectivity index (χ1) is 12.1. The Morgan fingerprint density at radius 2 is 1.80 bits per heavy atom. The van der Waals surface area contributed by atoms with E-state index in [2.05, 4.69) is 10.3 Å². The quantitative estimate of drug-likeness (QED) is 0.554. The zero-order valence-corrected chi connectivity index (χ0v) is 15.3. The van der Waals surface area contributed by atoms with E-state index in [-0.39, 0.29) is 24.2 Å². The first kappa shape index (κ1) is 17.9. The number of benzene rings is 1. The molecule has 0 atom stereocenters. The van der Waals surface area contributed by atoms with Crippen LogP contribution in [0.1, 0.15) is 13.8 Å². The Labute approximate surface area is 149 Å². The van der Waals surface area contributed by atoms with Crippen molar-refractivity contribution < 1.29 is 22.7 Å². The van der Waals surface area contributed by atoms with Gasteiger partial charge in [-0.25, -0.2) is 0 Å². The summed E-state index contributed by atoms with van der Waals surface area (Å²) in [4.78, 5) is 0. The lowest BCUT2D eigenvalue weighted by Gasteiger charge is -2.15. The highest BCUT2D eigenvalue weighted by Crippen LogP contribution is 2.49. The second-order valence-electron chi connectivity index (χ2n) is 4.96. The van der Waals surface area contributed by atoms with Crippen LogP contribution in [0.3, 0.4) is 0 Å². The Balaban J connectivity index is 1.98. The predicted molar refractivity (Wildman–Crippen MR) is 92.9 cm³/mol. The van der Waals surface area contributed by atoms with Crippen LogP contribution >= 0.6 is 19.2 Å². The average Bonchev–Trinajstić information content (AvgIpc) is 3.25. The maximum absolute atomic E-state index is 13.0. The summed E-state index contributed by atoms with van der Waals surface area (Å²) in [5.41, 5.74) is 1.64. The molecule has 132 valence electrons. The monoisotopic (exact) mass is 382 g/mol. The van der Waals surface area contributed by atoms with Gasteiger partial charge in [0.15, 0.2) is 11.5 Å². The second kappa shape index (κ2) is 7.54. The lowest BCUT2D eigenvalue weighted by Crippen LogP contribution is -2.11. The first-order valence-corrected chi connectivity index (χ1v) is 9.56. The van der Waals surface area contributed by atoms with Crippen molar-refractivity contribution in [2.24, 2.45) is 0 Å². The van der Waals surface area contributed by atoms with Crippen LogP contribution in [0.15, 0.2) is 45.6 Å². The molecule has 0 aliphatic rings. The van der Waals surface area contributed by atoms with Crippen molar-refractivity contribution in [3.8, 4) is 22.7 Å².